The van der Waals surface area contributed by atoms with Gasteiger partial charge in [0.15, 0.2) is 0 Å². The molecule has 5 aliphatic rings. The molecular weight excluding hydrogens is 424 g/mol. The minimum Gasteiger partial charge on any atom is -0.481 e. The number of aldehydes is 1. The van der Waals surface area contributed by atoms with E-state index in [1.807, 2.05) is 6.92 Å². The molecule has 4 fully saturated rings. The van der Waals surface area contributed by atoms with Gasteiger partial charge in [-0.25, -0.2) is 0 Å². The number of hydrogen-bond acceptors (Lipinski definition) is 3. The fourth-order valence-electron chi connectivity index (χ4n) is 10.5. The van der Waals surface area contributed by atoms with Crippen LogP contribution in [0.15, 0.2) is 11.6 Å². The average Bonchev–Trinajstić information content (AvgIpc) is 2.76. The molecule has 190 valence electrons. The number of aliphatic hydroxyl groups excluding tert-OH is 1. The topological polar surface area (TPSA) is 74.6 Å². The highest BCUT2D eigenvalue weighted by molar-refractivity contribution is 5.76. The van der Waals surface area contributed by atoms with Crippen LogP contribution in [-0.2, 0) is 9.59 Å². The summed E-state index contributed by atoms with van der Waals surface area (Å²) in [5.41, 5.74) is 0.446. The number of aliphatic hydroxyl groups is 1. The lowest BCUT2D eigenvalue weighted by Crippen LogP contribution is -2.65. The highest BCUT2D eigenvalue weighted by Crippen LogP contribution is 2.75. The van der Waals surface area contributed by atoms with Gasteiger partial charge in [0, 0.05) is 0 Å². The second kappa shape index (κ2) is 7.20. The van der Waals surface area contributed by atoms with Crippen LogP contribution in [0.5, 0.6) is 0 Å². The minimum atomic E-state index is -0.669. The number of carbonyl (C=O) groups is 2. The van der Waals surface area contributed by atoms with Gasteiger partial charge in [0.2, 0.25) is 0 Å². The molecule has 0 aromatic rings. The van der Waals surface area contributed by atoms with Crippen LogP contribution in [0.25, 0.3) is 0 Å². The third-order valence-corrected chi connectivity index (χ3v) is 13.0. The SMILES string of the molecule is CC1(C)CC[C@]2(C(=O)O)CC[C@]3(C)C(=CC[C@@H]4[C@@]5(C)CC[C@H](O)[C@@](C)(C=O)[C@@H]5CC[C@]43C)[C@@H]2C1. The first-order valence-corrected chi connectivity index (χ1v) is 13.8. The van der Waals surface area contributed by atoms with Crippen LogP contribution < -0.4 is 0 Å². The summed E-state index contributed by atoms with van der Waals surface area (Å²) in [6.07, 6.45) is 12.1. The van der Waals surface area contributed by atoms with E-state index in [4.69, 9.17) is 0 Å². The van der Waals surface area contributed by atoms with Crippen LogP contribution in [0.1, 0.15) is 106 Å². The monoisotopic (exact) mass is 470 g/mol. The highest BCUT2D eigenvalue weighted by atomic mass is 16.4. The lowest BCUT2D eigenvalue weighted by atomic mass is 9.33. The predicted octanol–water partition coefficient (Wildman–Crippen LogP) is 6.41. The number of hydrogen-bond donors (Lipinski definition) is 2. The van der Waals surface area contributed by atoms with Gasteiger partial charge in [-0.3, -0.25) is 4.79 Å². The molecule has 0 aromatic carbocycles. The molecule has 0 heterocycles. The number of allylic oxidation sites excluding steroid dienone is 2. The Morgan fingerprint density at radius 3 is 2.26 bits per heavy atom. The van der Waals surface area contributed by atoms with Crippen LogP contribution in [0.4, 0.5) is 0 Å². The van der Waals surface area contributed by atoms with E-state index in [-0.39, 0.29) is 33.5 Å². The third kappa shape index (κ3) is 2.81. The Balaban J connectivity index is 1.60. The first-order chi connectivity index (χ1) is 15.7. The van der Waals surface area contributed by atoms with Crippen molar-refractivity contribution in [2.24, 2.45) is 50.2 Å². The van der Waals surface area contributed by atoms with Crippen molar-refractivity contribution in [3.8, 4) is 0 Å². The Morgan fingerprint density at radius 1 is 0.941 bits per heavy atom. The number of carboxylic acid groups (broad SMARTS) is 1. The fourth-order valence-corrected chi connectivity index (χ4v) is 10.5. The van der Waals surface area contributed by atoms with E-state index < -0.39 is 22.9 Å². The van der Waals surface area contributed by atoms with Gasteiger partial charge in [0.05, 0.1) is 16.9 Å². The molecule has 34 heavy (non-hydrogen) atoms. The van der Waals surface area contributed by atoms with Crippen molar-refractivity contribution in [2.45, 2.75) is 112 Å². The predicted molar refractivity (Wildman–Crippen MR) is 133 cm³/mol. The molecule has 0 saturated heterocycles. The van der Waals surface area contributed by atoms with E-state index >= 15 is 0 Å². The third-order valence-electron chi connectivity index (χ3n) is 13.0. The molecule has 9 atom stereocenters. The molecule has 5 aliphatic carbocycles. The van der Waals surface area contributed by atoms with Crippen LogP contribution in [0.2, 0.25) is 0 Å². The second-order valence-electron chi connectivity index (χ2n) is 14.7. The van der Waals surface area contributed by atoms with E-state index in [1.165, 1.54) is 5.57 Å². The number of aliphatic carboxylic acids is 1. The smallest absolute Gasteiger partial charge is 0.310 e. The van der Waals surface area contributed by atoms with Crippen LogP contribution in [0, 0.1) is 50.2 Å². The van der Waals surface area contributed by atoms with Crippen molar-refractivity contribution >= 4 is 12.3 Å². The quantitative estimate of drug-likeness (QED) is 0.361. The van der Waals surface area contributed by atoms with Crippen LogP contribution in [0.3, 0.4) is 0 Å². The van der Waals surface area contributed by atoms with Gasteiger partial charge < -0.3 is 15.0 Å². The van der Waals surface area contributed by atoms with Crippen molar-refractivity contribution in [1.29, 1.82) is 0 Å². The maximum Gasteiger partial charge on any atom is 0.310 e. The lowest BCUT2D eigenvalue weighted by Gasteiger charge is -2.70. The molecule has 4 heteroatoms. The largest absolute Gasteiger partial charge is 0.481 e. The zero-order valence-electron chi connectivity index (χ0n) is 22.2. The Morgan fingerprint density at radius 2 is 1.62 bits per heavy atom. The lowest BCUT2D eigenvalue weighted by molar-refractivity contribution is -0.204. The normalized spacial score (nSPS) is 53.9. The Bertz CT molecular complexity index is 936. The van der Waals surface area contributed by atoms with Gasteiger partial charge in [-0.05, 0) is 104 Å². The molecule has 2 N–H and O–H groups in total. The number of carbonyl (C=O) groups excluding carboxylic acids is 1. The van der Waals surface area contributed by atoms with Gasteiger partial charge >= 0.3 is 5.97 Å². The maximum atomic E-state index is 12.8. The van der Waals surface area contributed by atoms with Crippen molar-refractivity contribution in [3.05, 3.63) is 11.6 Å². The summed E-state index contributed by atoms with van der Waals surface area (Å²) in [5, 5.41) is 21.3. The summed E-state index contributed by atoms with van der Waals surface area (Å²) in [7, 11) is 0. The van der Waals surface area contributed by atoms with Gasteiger partial charge in [-0.2, -0.15) is 0 Å². The summed E-state index contributed by atoms with van der Waals surface area (Å²) in [6, 6.07) is 0. The summed E-state index contributed by atoms with van der Waals surface area (Å²) >= 11 is 0. The van der Waals surface area contributed by atoms with Crippen LogP contribution in [-0.4, -0.2) is 28.6 Å². The summed E-state index contributed by atoms with van der Waals surface area (Å²) < 4.78 is 0. The molecule has 4 nitrogen and oxygen atoms in total. The molecule has 0 aromatic heterocycles. The van der Waals surface area contributed by atoms with E-state index in [9.17, 15) is 19.8 Å². The number of fused-ring (bicyclic) bond motifs is 7. The van der Waals surface area contributed by atoms with E-state index in [0.717, 1.165) is 64.1 Å². The Labute approximate surface area is 206 Å². The first kappa shape index (κ1) is 24.5. The van der Waals surface area contributed by atoms with E-state index in [0.29, 0.717) is 12.3 Å². The van der Waals surface area contributed by atoms with Crippen LogP contribution >= 0.6 is 0 Å². The minimum absolute atomic E-state index is 0.00538. The molecule has 4 saturated carbocycles. The van der Waals surface area contributed by atoms with Crippen molar-refractivity contribution < 1.29 is 19.8 Å². The summed E-state index contributed by atoms with van der Waals surface area (Å²) in [4.78, 5) is 25.1. The Kier molecular flexibility index (Phi) is 5.20. The van der Waals surface area contributed by atoms with Crippen molar-refractivity contribution in [1.82, 2.24) is 0 Å². The van der Waals surface area contributed by atoms with Gasteiger partial charge in [0.25, 0.3) is 0 Å². The van der Waals surface area contributed by atoms with E-state index in [1.54, 1.807) is 0 Å². The van der Waals surface area contributed by atoms with Gasteiger partial charge in [0.1, 0.15) is 6.29 Å². The molecule has 0 spiro atoms. The average molecular weight is 471 g/mol. The zero-order chi connectivity index (χ0) is 24.9. The number of rotatable bonds is 2. The molecule has 0 aliphatic heterocycles. The number of carboxylic acids is 1. The second-order valence-corrected chi connectivity index (χ2v) is 14.7. The van der Waals surface area contributed by atoms with Crippen molar-refractivity contribution in [2.75, 3.05) is 0 Å². The van der Waals surface area contributed by atoms with Crippen molar-refractivity contribution in [3.63, 3.8) is 0 Å². The first-order valence-electron chi connectivity index (χ1n) is 13.8. The maximum absolute atomic E-state index is 12.8. The molecule has 0 bridgehead atoms. The summed E-state index contributed by atoms with van der Waals surface area (Å²) in [5.74, 6) is 0.201. The molecule has 0 amide bonds. The van der Waals surface area contributed by atoms with E-state index in [2.05, 4.69) is 40.7 Å². The van der Waals surface area contributed by atoms with Gasteiger partial charge in [-0.15, -0.1) is 0 Å². The summed E-state index contributed by atoms with van der Waals surface area (Å²) in [6.45, 7) is 14.0. The molecular formula is C30H46O4. The standard InChI is InChI=1S/C30H46O4/c1-25(2)13-15-30(24(33)34)16-14-28(5)19(20(30)17-25)7-8-22-26(3)11-10-23(32)27(4,18-31)21(26)9-12-29(22,28)6/h7,18,20-23,32H,8-17H2,1-6H3,(H,33,34)/t20-,21+,22+,23-,26-,27-,28+,29+,30-/m0/s1. The molecule has 5 rings (SSSR count). The molecule has 0 unspecified atom stereocenters. The highest BCUT2D eigenvalue weighted by Gasteiger charge is 2.69. The Hall–Kier alpha value is -1.16. The molecule has 0 radical (unpaired) electrons. The van der Waals surface area contributed by atoms with Gasteiger partial charge in [-0.1, -0.05) is 53.2 Å². The fraction of sp³-hybridized carbons (Fsp3) is 0.867. The zero-order valence-corrected chi connectivity index (χ0v) is 22.2.